The average molecular weight is 368 g/mol. The average Bonchev–Trinajstić information content (AvgIpc) is 2.52. The van der Waals surface area contributed by atoms with Crippen LogP contribution in [0.3, 0.4) is 0 Å². The largest absolute Gasteiger partial charge is 0.400 e. The fourth-order valence-corrected chi connectivity index (χ4v) is 2.25. The van der Waals surface area contributed by atoms with E-state index in [0.717, 1.165) is 18.2 Å². The Kier molecular flexibility index (Phi) is 7.21. The second kappa shape index (κ2) is 8.66. The Hall–Kier alpha value is -1.72. The van der Waals surface area contributed by atoms with Crippen molar-refractivity contribution in [3.05, 3.63) is 69.4 Å². The molecule has 0 atom stereocenters. The van der Waals surface area contributed by atoms with E-state index in [1.54, 1.807) is 30.1 Å². The Bertz CT molecular complexity index is 646. The van der Waals surface area contributed by atoms with Gasteiger partial charge in [-0.05, 0) is 52.2 Å². The molecule has 3 nitrogen and oxygen atoms in total. The van der Waals surface area contributed by atoms with E-state index in [2.05, 4.69) is 15.9 Å². The van der Waals surface area contributed by atoms with Gasteiger partial charge in [0.25, 0.3) is 5.91 Å². The van der Waals surface area contributed by atoms with Crippen LogP contribution in [0.15, 0.2) is 46.9 Å². The van der Waals surface area contributed by atoms with Crippen LogP contribution < -0.4 is 0 Å². The van der Waals surface area contributed by atoms with Crippen molar-refractivity contribution in [2.45, 2.75) is 13.5 Å². The molecule has 0 aliphatic rings. The van der Waals surface area contributed by atoms with Crippen LogP contribution in [0, 0.1) is 12.7 Å². The van der Waals surface area contributed by atoms with Crippen molar-refractivity contribution >= 4 is 21.8 Å². The molecule has 5 heteroatoms. The van der Waals surface area contributed by atoms with Gasteiger partial charge in [-0.15, -0.1) is 0 Å². The van der Waals surface area contributed by atoms with Gasteiger partial charge in [-0.25, -0.2) is 4.39 Å². The predicted octanol–water partition coefficient (Wildman–Crippen LogP) is 3.78. The minimum absolute atomic E-state index is 0.0635. The summed E-state index contributed by atoms with van der Waals surface area (Å²) in [6, 6.07) is 12.3. The maximum absolute atomic E-state index is 13.5. The second-order valence-electron chi connectivity index (χ2n) is 4.72. The van der Waals surface area contributed by atoms with E-state index in [0.29, 0.717) is 16.6 Å². The van der Waals surface area contributed by atoms with Gasteiger partial charge < -0.3 is 10.0 Å². The fourth-order valence-electron chi connectivity index (χ4n) is 2.00. The number of halogens is 2. The first-order valence-corrected chi connectivity index (χ1v) is 7.48. The second-order valence-corrected chi connectivity index (χ2v) is 5.58. The molecule has 0 saturated heterocycles. The van der Waals surface area contributed by atoms with E-state index >= 15 is 0 Å². The SMILES string of the molecule is CO.Cc1ccccc1C(=O)N(C)Cc1ccc(Br)c(F)c1. The van der Waals surface area contributed by atoms with Gasteiger partial charge >= 0.3 is 0 Å². The molecule has 22 heavy (non-hydrogen) atoms. The lowest BCUT2D eigenvalue weighted by Gasteiger charge is -2.18. The van der Waals surface area contributed by atoms with Gasteiger partial charge in [-0.2, -0.15) is 0 Å². The molecule has 0 unspecified atom stereocenters. The topological polar surface area (TPSA) is 40.5 Å². The van der Waals surface area contributed by atoms with Crippen molar-refractivity contribution in [1.82, 2.24) is 4.90 Å². The van der Waals surface area contributed by atoms with Gasteiger partial charge in [-0.1, -0.05) is 24.3 Å². The van der Waals surface area contributed by atoms with Gasteiger partial charge in [0, 0.05) is 26.3 Å². The maximum Gasteiger partial charge on any atom is 0.254 e. The van der Waals surface area contributed by atoms with Crippen LogP contribution >= 0.6 is 15.9 Å². The first-order valence-electron chi connectivity index (χ1n) is 6.69. The van der Waals surface area contributed by atoms with Crippen molar-refractivity contribution < 1.29 is 14.3 Å². The summed E-state index contributed by atoms with van der Waals surface area (Å²) in [6.07, 6.45) is 0. The van der Waals surface area contributed by atoms with Crippen molar-refractivity contribution in [3.63, 3.8) is 0 Å². The van der Waals surface area contributed by atoms with Gasteiger partial charge in [0.05, 0.1) is 4.47 Å². The summed E-state index contributed by atoms with van der Waals surface area (Å²) in [5.74, 6) is -0.384. The molecule has 0 fully saturated rings. The number of hydrogen-bond donors (Lipinski definition) is 1. The molecule has 0 heterocycles. The number of nitrogens with zero attached hydrogens (tertiary/aromatic N) is 1. The Morgan fingerprint density at radius 3 is 2.45 bits per heavy atom. The van der Waals surface area contributed by atoms with E-state index in [9.17, 15) is 9.18 Å². The Balaban J connectivity index is 0.00000116. The molecular formula is C17H19BrFNO2. The summed E-state index contributed by atoms with van der Waals surface area (Å²) < 4.78 is 13.9. The van der Waals surface area contributed by atoms with Crippen molar-refractivity contribution in [1.29, 1.82) is 0 Å². The number of aliphatic hydroxyl groups excluding tert-OH is 1. The number of carbonyl (C=O) groups is 1. The summed E-state index contributed by atoms with van der Waals surface area (Å²) in [5, 5.41) is 7.00. The first kappa shape index (κ1) is 18.3. The third-order valence-corrected chi connectivity index (χ3v) is 3.77. The van der Waals surface area contributed by atoms with Crippen LogP contribution in [0.1, 0.15) is 21.5 Å². The van der Waals surface area contributed by atoms with Crippen LogP contribution in [0.4, 0.5) is 4.39 Å². The lowest BCUT2D eigenvalue weighted by Crippen LogP contribution is -2.26. The molecular weight excluding hydrogens is 349 g/mol. The van der Waals surface area contributed by atoms with Gasteiger partial charge in [0.15, 0.2) is 0 Å². The van der Waals surface area contributed by atoms with Crippen LogP contribution in [-0.4, -0.2) is 30.1 Å². The first-order chi connectivity index (χ1) is 10.5. The highest BCUT2D eigenvalue weighted by molar-refractivity contribution is 9.10. The molecule has 0 radical (unpaired) electrons. The van der Waals surface area contributed by atoms with Gasteiger partial charge in [0.1, 0.15) is 5.82 Å². The van der Waals surface area contributed by atoms with E-state index in [-0.39, 0.29) is 11.7 Å². The third kappa shape index (κ3) is 4.64. The number of rotatable bonds is 3. The van der Waals surface area contributed by atoms with Crippen LogP contribution in [0.2, 0.25) is 0 Å². The summed E-state index contributed by atoms with van der Waals surface area (Å²) >= 11 is 3.12. The third-order valence-electron chi connectivity index (χ3n) is 3.13. The van der Waals surface area contributed by atoms with Crippen LogP contribution in [0.5, 0.6) is 0 Å². The minimum Gasteiger partial charge on any atom is -0.400 e. The van der Waals surface area contributed by atoms with Crippen molar-refractivity contribution in [2.75, 3.05) is 14.2 Å². The lowest BCUT2D eigenvalue weighted by molar-refractivity contribution is 0.0784. The van der Waals surface area contributed by atoms with Crippen LogP contribution in [0.25, 0.3) is 0 Å². The number of aliphatic hydroxyl groups is 1. The molecule has 0 spiro atoms. The zero-order valence-electron chi connectivity index (χ0n) is 12.8. The number of hydrogen-bond acceptors (Lipinski definition) is 2. The van der Waals surface area contributed by atoms with E-state index in [1.165, 1.54) is 6.07 Å². The molecule has 1 N–H and O–H groups in total. The Morgan fingerprint density at radius 2 is 1.86 bits per heavy atom. The van der Waals surface area contributed by atoms with Gasteiger partial charge in [0.2, 0.25) is 0 Å². The fraction of sp³-hybridized carbons (Fsp3) is 0.235. The maximum atomic E-state index is 13.5. The number of carbonyl (C=O) groups excluding carboxylic acids is 1. The normalized spacial score (nSPS) is 9.73. The number of aryl methyl sites for hydroxylation is 1. The molecule has 1 amide bonds. The summed E-state index contributed by atoms with van der Waals surface area (Å²) in [4.78, 5) is 13.9. The molecule has 0 aliphatic carbocycles. The Labute approximate surface area is 138 Å². The molecule has 2 aromatic carbocycles. The molecule has 0 aromatic heterocycles. The quantitative estimate of drug-likeness (QED) is 0.896. The zero-order valence-corrected chi connectivity index (χ0v) is 14.4. The van der Waals surface area contributed by atoms with Crippen molar-refractivity contribution in [3.8, 4) is 0 Å². The molecule has 0 saturated carbocycles. The standard InChI is InChI=1S/C16H15BrFNO.CH4O/c1-11-5-3-4-6-13(11)16(20)19(2)10-12-7-8-14(17)15(18)9-12;1-2/h3-9H,10H2,1-2H3;2H,1H3. The monoisotopic (exact) mass is 367 g/mol. The molecule has 2 rings (SSSR count). The zero-order chi connectivity index (χ0) is 16.7. The van der Waals surface area contributed by atoms with Crippen molar-refractivity contribution in [2.24, 2.45) is 0 Å². The van der Waals surface area contributed by atoms with E-state index in [1.807, 2.05) is 25.1 Å². The van der Waals surface area contributed by atoms with Gasteiger partial charge in [-0.3, -0.25) is 4.79 Å². The van der Waals surface area contributed by atoms with E-state index in [4.69, 9.17) is 5.11 Å². The number of benzene rings is 2. The minimum atomic E-state index is -0.320. The summed E-state index contributed by atoms with van der Waals surface area (Å²) in [5.41, 5.74) is 2.37. The molecule has 0 bridgehead atoms. The number of amides is 1. The molecule has 0 aliphatic heterocycles. The highest BCUT2D eigenvalue weighted by Gasteiger charge is 2.14. The molecule has 118 valence electrons. The Morgan fingerprint density at radius 1 is 1.23 bits per heavy atom. The summed E-state index contributed by atoms with van der Waals surface area (Å²) in [7, 11) is 2.72. The molecule has 2 aromatic rings. The highest BCUT2D eigenvalue weighted by atomic mass is 79.9. The highest BCUT2D eigenvalue weighted by Crippen LogP contribution is 2.18. The summed E-state index contributed by atoms with van der Waals surface area (Å²) in [6.45, 7) is 2.28. The van der Waals surface area contributed by atoms with Crippen LogP contribution in [-0.2, 0) is 6.54 Å². The smallest absolute Gasteiger partial charge is 0.254 e. The lowest BCUT2D eigenvalue weighted by atomic mass is 10.1. The van der Waals surface area contributed by atoms with E-state index < -0.39 is 0 Å². The predicted molar refractivity (Wildman–Crippen MR) is 89.2 cm³/mol.